The third-order valence-corrected chi connectivity index (χ3v) is 6.71. The molecule has 1 saturated carbocycles. The quantitative estimate of drug-likeness (QED) is 0.338. The first-order valence-electron chi connectivity index (χ1n) is 11.2. The molecule has 2 aromatic carbocycles. The molecular formula is C26H26FN5. The number of nitrogens with one attached hydrogen (secondary N) is 2. The van der Waals surface area contributed by atoms with Crippen LogP contribution in [0.2, 0.25) is 0 Å². The minimum absolute atomic E-state index is 0.0766. The van der Waals surface area contributed by atoms with Gasteiger partial charge in [-0.05, 0) is 68.9 Å². The van der Waals surface area contributed by atoms with E-state index in [1.165, 1.54) is 23.5 Å². The smallest absolute Gasteiger partial charge is 0.230 e. The van der Waals surface area contributed by atoms with Crippen LogP contribution in [0.15, 0.2) is 36.4 Å². The summed E-state index contributed by atoms with van der Waals surface area (Å²) in [5, 5.41) is 16.8. The van der Waals surface area contributed by atoms with Crippen molar-refractivity contribution in [2.75, 3.05) is 11.4 Å². The second-order valence-corrected chi connectivity index (χ2v) is 8.76. The van der Waals surface area contributed by atoms with E-state index in [1.807, 2.05) is 17.0 Å². The van der Waals surface area contributed by atoms with Gasteiger partial charge in [0.25, 0.3) is 0 Å². The molecule has 2 N–H and O–H groups in total. The van der Waals surface area contributed by atoms with E-state index in [2.05, 4.69) is 29.8 Å². The van der Waals surface area contributed by atoms with Crippen molar-refractivity contribution in [3.8, 4) is 11.8 Å². The van der Waals surface area contributed by atoms with E-state index in [-0.39, 0.29) is 16.9 Å². The SMILES string of the molecule is CCC1(C#Cc2cccc3c2CCCN3c2nc(=N)n(C(C)=N)c3cccc(F)c23)CC1. The van der Waals surface area contributed by atoms with Crippen molar-refractivity contribution in [1.82, 2.24) is 9.55 Å². The summed E-state index contributed by atoms with van der Waals surface area (Å²) in [5.41, 5.74) is 3.77. The Balaban J connectivity index is 1.69. The number of hydrogen-bond acceptors (Lipinski definition) is 4. The third kappa shape index (κ3) is 3.29. The number of hydrogen-bond donors (Lipinski definition) is 2. The summed E-state index contributed by atoms with van der Waals surface area (Å²) in [6.07, 6.45) is 5.24. The maximum Gasteiger partial charge on any atom is 0.230 e. The largest absolute Gasteiger partial charge is 0.325 e. The summed E-state index contributed by atoms with van der Waals surface area (Å²) in [4.78, 5) is 6.50. The molecule has 0 bridgehead atoms. The highest BCUT2D eigenvalue weighted by Crippen LogP contribution is 2.48. The van der Waals surface area contributed by atoms with Crippen molar-refractivity contribution in [3.63, 3.8) is 0 Å². The standard InChI is InChI=1S/C26H26FN5/c1-3-26(14-15-26)13-12-18-7-4-10-21-19(18)8-6-16-31(21)24-23-20(27)9-5-11-22(23)32(17(2)28)25(29)30-24/h4-5,7,9-11,28-29H,3,6,8,14-16H2,1-2H3. The zero-order valence-corrected chi connectivity index (χ0v) is 18.4. The maximum absolute atomic E-state index is 15.1. The van der Waals surface area contributed by atoms with Crippen molar-refractivity contribution in [2.45, 2.75) is 46.0 Å². The van der Waals surface area contributed by atoms with E-state index in [0.29, 0.717) is 23.3 Å². The number of fused-ring (bicyclic) bond motifs is 2. The summed E-state index contributed by atoms with van der Waals surface area (Å²) >= 11 is 0. The number of benzene rings is 2. The van der Waals surface area contributed by atoms with Crippen LogP contribution >= 0.6 is 0 Å². The van der Waals surface area contributed by atoms with Gasteiger partial charge in [-0.2, -0.15) is 4.98 Å². The van der Waals surface area contributed by atoms with Gasteiger partial charge in [-0.1, -0.05) is 30.9 Å². The summed E-state index contributed by atoms with van der Waals surface area (Å²) in [6.45, 7) is 4.46. The van der Waals surface area contributed by atoms with Crippen LogP contribution in [0.1, 0.15) is 50.7 Å². The van der Waals surface area contributed by atoms with Crippen LogP contribution in [0.25, 0.3) is 10.9 Å². The van der Waals surface area contributed by atoms with Crippen molar-refractivity contribution >= 4 is 28.2 Å². The molecule has 5 rings (SSSR count). The number of halogens is 1. The monoisotopic (exact) mass is 427 g/mol. The lowest BCUT2D eigenvalue weighted by atomic mass is 9.95. The van der Waals surface area contributed by atoms with Crippen molar-refractivity contribution < 1.29 is 4.39 Å². The van der Waals surface area contributed by atoms with Crippen LogP contribution < -0.4 is 10.5 Å². The van der Waals surface area contributed by atoms with Crippen molar-refractivity contribution in [3.05, 3.63) is 59.0 Å². The van der Waals surface area contributed by atoms with Crippen LogP contribution in [-0.2, 0) is 6.42 Å². The molecular weight excluding hydrogens is 401 g/mol. The molecule has 0 unspecified atom stereocenters. The normalized spacial score (nSPS) is 16.3. The molecule has 32 heavy (non-hydrogen) atoms. The fourth-order valence-corrected chi connectivity index (χ4v) is 4.66. The molecule has 1 aliphatic carbocycles. The van der Waals surface area contributed by atoms with Crippen molar-refractivity contribution in [2.24, 2.45) is 5.41 Å². The molecule has 0 amide bonds. The molecule has 5 nitrogen and oxygen atoms in total. The van der Waals surface area contributed by atoms with Crippen LogP contribution in [-0.4, -0.2) is 21.9 Å². The Morgan fingerprint density at radius 3 is 2.72 bits per heavy atom. The summed E-state index contributed by atoms with van der Waals surface area (Å²) < 4.78 is 16.5. The van der Waals surface area contributed by atoms with E-state index >= 15 is 4.39 Å². The Bertz CT molecular complexity index is 1370. The van der Waals surface area contributed by atoms with Gasteiger partial charge in [0.2, 0.25) is 5.62 Å². The van der Waals surface area contributed by atoms with Gasteiger partial charge in [0, 0.05) is 23.2 Å². The van der Waals surface area contributed by atoms with E-state index in [9.17, 15) is 0 Å². The zero-order valence-electron chi connectivity index (χ0n) is 18.4. The molecule has 1 aliphatic heterocycles. The maximum atomic E-state index is 15.1. The molecule has 0 atom stereocenters. The molecule has 2 heterocycles. The minimum Gasteiger partial charge on any atom is -0.325 e. The molecule has 1 aromatic heterocycles. The topological polar surface area (TPSA) is 68.8 Å². The first-order valence-corrected chi connectivity index (χ1v) is 11.2. The minimum atomic E-state index is -0.401. The van der Waals surface area contributed by atoms with E-state index < -0.39 is 5.82 Å². The van der Waals surface area contributed by atoms with Crippen molar-refractivity contribution in [1.29, 1.82) is 10.8 Å². The van der Waals surface area contributed by atoms with Gasteiger partial charge < -0.3 is 4.90 Å². The second-order valence-electron chi connectivity index (χ2n) is 8.76. The predicted molar refractivity (Wildman–Crippen MR) is 125 cm³/mol. The van der Waals surface area contributed by atoms with Crippen LogP contribution in [0.5, 0.6) is 0 Å². The highest BCUT2D eigenvalue weighted by Gasteiger charge is 2.38. The summed E-state index contributed by atoms with van der Waals surface area (Å²) in [7, 11) is 0. The number of aromatic nitrogens is 2. The molecule has 0 saturated heterocycles. The molecule has 0 spiro atoms. The van der Waals surface area contributed by atoms with Gasteiger partial charge >= 0.3 is 0 Å². The number of rotatable bonds is 2. The summed E-state index contributed by atoms with van der Waals surface area (Å²) in [6, 6.07) is 10.9. The lowest BCUT2D eigenvalue weighted by Gasteiger charge is -2.32. The highest BCUT2D eigenvalue weighted by atomic mass is 19.1. The average Bonchev–Trinajstić information content (AvgIpc) is 3.57. The lowest BCUT2D eigenvalue weighted by molar-refractivity contribution is 0.637. The molecule has 6 heteroatoms. The fraction of sp³-hybridized carbons (Fsp3) is 0.346. The van der Waals surface area contributed by atoms with Gasteiger partial charge in [0.05, 0.1) is 10.9 Å². The number of anilines is 2. The summed E-state index contributed by atoms with van der Waals surface area (Å²) in [5.74, 6) is 7.11. The van der Waals surface area contributed by atoms with Gasteiger partial charge in [-0.25, -0.2) is 4.39 Å². The molecule has 3 aromatic rings. The first-order chi connectivity index (χ1) is 15.4. The Hall–Kier alpha value is -3.46. The first kappa shape index (κ1) is 20.4. The van der Waals surface area contributed by atoms with E-state index in [0.717, 1.165) is 36.1 Å². The third-order valence-electron chi connectivity index (χ3n) is 6.71. The van der Waals surface area contributed by atoms with Crippen LogP contribution in [0.4, 0.5) is 15.9 Å². The fourth-order valence-electron chi connectivity index (χ4n) is 4.66. The van der Waals surface area contributed by atoms with Gasteiger partial charge in [0.1, 0.15) is 17.5 Å². The Kier molecular flexibility index (Phi) is 4.85. The van der Waals surface area contributed by atoms with E-state index in [4.69, 9.17) is 10.8 Å². The molecule has 0 radical (unpaired) electrons. The van der Waals surface area contributed by atoms with Crippen LogP contribution in [0.3, 0.4) is 0 Å². The lowest BCUT2D eigenvalue weighted by Crippen LogP contribution is -2.33. The van der Waals surface area contributed by atoms with Gasteiger partial charge in [-0.3, -0.25) is 15.4 Å². The second kappa shape index (κ2) is 7.59. The Morgan fingerprint density at radius 1 is 1.22 bits per heavy atom. The Labute approximate surface area is 186 Å². The average molecular weight is 428 g/mol. The van der Waals surface area contributed by atoms with Gasteiger partial charge in [0.15, 0.2) is 0 Å². The predicted octanol–water partition coefficient (Wildman–Crippen LogP) is 5.13. The van der Waals surface area contributed by atoms with E-state index in [1.54, 1.807) is 19.1 Å². The van der Waals surface area contributed by atoms with Crippen LogP contribution in [0, 0.1) is 33.9 Å². The molecule has 2 aliphatic rings. The molecule has 1 fully saturated rings. The molecule has 162 valence electrons. The number of nitrogens with zero attached hydrogens (tertiary/aromatic N) is 3. The Morgan fingerprint density at radius 2 is 2.00 bits per heavy atom. The zero-order chi connectivity index (χ0) is 22.5. The van der Waals surface area contributed by atoms with Gasteiger partial charge in [-0.15, -0.1) is 0 Å². The highest BCUT2D eigenvalue weighted by molar-refractivity contribution is 5.98.